The lowest BCUT2D eigenvalue weighted by Crippen LogP contribution is -2.38. The van der Waals surface area contributed by atoms with Gasteiger partial charge in [-0.25, -0.2) is 0 Å². The summed E-state index contributed by atoms with van der Waals surface area (Å²) in [4.78, 5) is 0. The maximum atomic E-state index is 4.26. The van der Waals surface area contributed by atoms with Crippen LogP contribution in [0.3, 0.4) is 0 Å². The van der Waals surface area contributed by atoms with Gasteiger partial charge in [-0.1, -0.05) is 26.2 Å². The molecule has 2 unspecified atom stereocenters. The fourth-order valence-electron chi connectivity index (χ4n) is 3.20. The van der Waals surface area contributed by atoms with E-state index in [1.54, 1.807) is 0 Å². The van der Waals surface area contributed by atoms with Gasteiger partial charge in [-0.2, -0.15) is 5.10 Å². The Kier molecular flexibility index (Phi) is 4.81. The zero-order chi connectivity index (χ0) is 13.0. The first-order valence-electron chi connectivity index (χ1n) is 7.45. The van der Waals surface area contributed by atoms with E-state index < -0.39 is 0 Å². The SMILES string of the molecule is CCC(NC(C)c1cnn(C)c1)C1CCCCC1. The number of hydrogen-bond donors (Lipinski definition) is 1. The average Bonchev–Trinajstić information content (AvgIpc) is 2.83. The lowest BCUT2D eigenvalue weighted by atomic mass is 9.82. The van der Waals surface area contributed by atoms with E-state index in [9.17, 15) is 0 Å². The van der Waals surface area contributed by atoms with Gasteiger partial charge in [0.15, 0.2) is 0 Å². The second-order valence-electron chi connectivity index (χ2n) is 5.75. The molecule has 0 spiro atoms. The molecular formula is C15H27N3. The lowest BCUT2D eigenvalue weighted by molar-refractivity contribution is 0.249. The molecule has 3 nitrogen and oxygen atoms in total. The molecule has 0 aliphatic heterocycles. The number of rotatable bonds is 5. The van der Waals surface area contributed by atoms with Crippen molar-refractivity contribution in [1.29, 1.82) is 0 Å². The van der Waals surface area contributed by atoms with Crippen LogP contribution in [0.1, 0.15) is 64.0 Å². The smallest absolute Gasteiger partial charge is 0.0537 e. The molecular weight excluding hydrogens is 222 g/mol. The predicted molar refractivity (Wildman–Crippen MR) is 75.4 cm³/mol. The molecule has 1 saturated carbocycles. The Labute approximate surface area is 111 Å². The number of aromatic nitrogens is 2. The van der Waals surface area contributed by atoms with E-state index in [1.807, 2.05) is 17.9 Å². The summed E-state index contributed by atoms with van der Waals surface area (Å²) in [5.74, 6) is 0.878. The number of aryl methyl sites for hydroxylation is 1. The van der Waals surface area contributed by atoms with Crippen molar-refractivity contribution >= 4 is 0 Å². The van der Waals surface area contributed by atoms with Crippen LogP contribution in [0.25, 0.3) is 0 Å². The highest BCUT2D eigenvalue weighted by Crippen LogP contribution is 2.29. The van der Waals surface area contributed by atoms with Crippen LogP contribution in [0.2, 0.25) is 0 Å². The van der Waals surface area contributed by atoms with Gasteiger partial charge < -0.3 is 5.32 Å². The number of hydrogen-bond acceptors (Lipinski definition) is 2. The first kappa shape index (κ1) is 13.6. The minimum absolute atomic E-state index is 0.408. The average molecular weight is 249 g/mol. The van der Waals surface area contributed by atoms with E-state index in [0.717, 1.165) is 5.92 Å². The second kappa shape index (κ2) is 6.37. The molecule has 0 saturated heterocycles. The summed E-state index contributed by atoms with van der Waals surface area (Å²) < 4.78 is 1.88. The summed E-state index contributed by atoms with van der Waals surface area (Å²) in [5, 5.41) is 8.07. The molecule has 2 rings (SSSR count). The van der Waals surface area contributed by atoms with Crippen LogP contribution in [0.15, 0.2) is 12.4 Å². The maximum Gasteiger partial charge on any atom is 0.0537 e. The highest BCUT2D eigenvalue weighted by molar-refractivity contribution is 5.09. The molecule has 1 aliphatic rings. The summed E-state index contributed by atoms with van der Waals surface area (Å²) in [7, 11) is 1.98. The summed E-state index contributed by atoms with van der Waals surface area (Å²) in [6.07, 6.45) is 12.4. The zero-order valence-electron chi connectivity index (χ0n) is 12.0. The molecule has 0 amide bonds. The van der Waals surface area contributed by atoms with Crippen LogP contribution in [0, 0.1) is 5.92 Å². The van der Waals surface area contributed by atoms with Crippen molar-refractivity contribution < 1.29 is 0 Å². The van der Waals surface area contributed by atoms with E-state index in [0.29, 0.717) is 12.1 Å². The minimum Gasteiger partial charge on any atom is -0.307 e. The third-order valence-corrected chi connectivity index (χ3v) is 4.35. The van der Waals surface area contributed by atoms with Crippen molar-refractivity contribution in [2.75, 3.05) is 0 Å². The van der Waals surface area contributed by atoms with Crippen LogP contribution in [0.4, 0.5) is 0 Å². The molecule has 102 valence electrons. The molecule has 1 fully saturated rings. The van der Waals surface area contributed by atoms with Gasteiger partial charge in [0.25, 0.3) is 0 Å². The number of nitrogens with one attached hydrogen (secondary N) is 1. The molecule has 1 N–H and O–H groups in total. The molecule has 2 atom stereocenters. The monoisotopic (exact) mass is 249 g/mol. The summed E-state index contributed by atoms with van der Waals surface area (Å²) in [6, 6.07) is 1.08. The van der Waals surface area contributed by atoms with E-state index in [-0.39, 0.29) is 0 Å². The maximum absolute atomic E-state index is 4.26. The highest BCUT2D eigenvalue weighted by atomic mass is 15.2. The Morgan fingerprint density at radius 1 is 1.39 bits per heavy atom. The van der Waals surface area contributed by atoms with Gasteiger partial charge in [0.05, 0.1) is 6.20 Å². The Hall–Kier alpha value is -0.830. The quantitative estimate of drug-likeness (QED) is 0.866. The first-order chi connectivity index (χ1) is 8.70. The van der Waals surface area contributed by atoms with Crippen molar-refractivity contribution in [3.05, 3.63) is 18.0 Å². The Bertz CT molecular complexity index is 352. The van der Waals surface area contributed by atoms with Crippen molar-refractivity contribution in [3.8, 4) is 0 Å². The van der Waals surface area contributed by atoms with Crippen molar-refractivity contribution in [1.82, 2.24) is 15.1 Å². The van der Waals surface area contributed by atoms with Crippen molar-refractivity contribution in [3.63, 3.8) is 0 Å². The third-order valence-electron chi connectivity index (χ3n) is 4.35. The van der Waals surface area contributed by atoms with Crippen LogP contribution in [0.5, 0.6) is 0 Å². The molecule has 0 aromatic carbocycles. The van der Waals surface area contributed by atoms with Crippen LogP contribution >= 0.6 is 0 Å². The lowest BCUT2D eigenvalue weighted by Gasteiger charge is -2.32. The molecule has 1 aromatic heterocycles. The Morgan fingerprint density at radius 3 is 2.67 bits per heavy atom. The molecule has 0 radical (unpaired) electrons. The summed E-state index contributed by atoms with van der Waals surface area (Å²) >= 11 is 0. The van der Waals surface area contributed by atoms with Crippen molar-refractivity contribution in [2.24, 2.45) is 13.0 Å². The van der Waals surface area contributed by atoms with Crippen molar-refractivity contribution in [2.45, 2.75) is 64.5 Å². The van der Waals surface area contributed by atoms with Crippen LogP contribution in [-0.4, -0.2) is 15.8 Å². The Morgan fingerprint density at radius 2 is 2.11 bits per heavy atom. The molecule has 1 aromatic rings. The first-order valence-corrected chi connectivity index (χ1v) is 7.45. The van der Waals surface area contributed by atoms with Gasteiger partial charge in [0.2, 0.25) is 0 Å². The standard InChI is InChI=1S/C15H27N3/c1-4-15(13-8-6-5-7-9-13)17-12(2)14-10-16-18(3)11-14/h10-13,15,17H,4-9H2,1-3H3. The van der Waals surface area contributed by atoms with E-state index in [4.69, 9.17) is 0 Å². The zero-order valence-corrected chi connectivity index (χ0v) is 12.0. The fourth-order valence-corrected chi connectivity index (χ4v) is 3.20. The fraction of sp³-hybridized carbons (Fsp3) is 0.800. The van der Waals surface area contributed by atoms with Gasteiger partial charge in [-0.15, -0.1) is 0 Å². The van der Waals surface area contributed by atoms with Gasteiger partial charge >= 0.3 is 0 Å². The molecule has 0 bridgehead atoms. The van der Waals surface area contributed by atoms with Gasteiger partial charge in [0, 0.05) is 30.9 Å². The van der Waals surface area contributed by atoms with Crippen LogP contribution < -0.4 is 5.32 Å². The molecule has 1 heterocycles. The summed E-state index contributed by atoms with van der Waals surface area (Å²) in [5.41, 5.74) is 1.30. The molecule has 3 heteroatoms. The largest absolute Gasteiger partial charge is 0.307 e. The van der Waals surface area contributed by atoms with Gasteiger partial charge in [0.1, 0.15) is 0 Å². The van der Waals surface area contributed by atoms with E-state index in [2.05, 4.69) is 30.5 Å². The van der Waals surface area contributed by atoms with E-state index in [1.165, 1.54) is 44.1 Å². The Balaban J connectivity index is 1.92. The predicted octanol–water partition coefficient (Wildman–Crippen LogP) is 3.43. The minimum atomic E-state index is 0.408. The van der Waals surface area contributed by atoms with E-state index >= 15 is 0 Å². The number of nitrogens with zero attached hydrogens (tertiary/aromatic N) is 2. The topological polar surface area (TPSA) is 29.9 Å². The van der Waals surface area contributed by atoms with Gasteiger partial charge in [-0.3, -0.25) is 4.68 Å². The van der Waals surface area contributed by atoms with Crippen LogP contribution in [-0.2, 0) is 7.05 Å². The second-order valence-corrected chi connectivity index (χ2v) is 5.75. The highest BCUT2D eigenvalue weighted by Gasteiger charge is 2.23. The van der Waals surface area contributed by atoms with Gasteiger partial charge in [-0.05, 0) is 32.1 Å². The molecule has 18 heavy (non-hydrogen) atoms. The third kappa shape index (κ3) is 3.35. The normalized spacial score (nSPS) is 20.8. The molecule has 1 aliphatic carbocycles. The summed E-state index contributed by atoms with van der Waals surface area (Å²) in [6.45, 7) is 4.56.